The molecule has 0 amide bonds. The summed E-state index contributed by atoms with van der Waals surface area (Å²) in [5.74, 6) is -0.216. The SMILES string of the molecule is Cc1coc2c1C(=O)[C@]1(O)[C@@H](C)CC[C@H]1C(CO)=C2. The Labute approximate surface area is 111 Å². The van der Waals surface area contributed by atoms with E-state index in [1.807, 2.05) is 6.92 Å². The first-order chi connectivity index (χ1) is 9.00. The molecule has 1 fully saturated rings. The van der Waals surface area contributed by atoms with Gasteiger partial charge in [0.2, 0.25) is 0 Å². The molecule has 3 atom stereocenters. The van der Waals surface area contributed by atoms with Gasteiger partial charge in [0.25, 0.3) is 0 Å². The highest BCUT2D eigenvalue weighted by atomic mass is 16.3. The van der Waals surface area contributed by atoms with Crippen molar-refractivity contribution >= 4 is 11.9 Å². The smallest absolute Gasteiger partial charge is 0.199 e. The van der Waals surface area contributed by atoms with Gasteiger partial charge in [-0.15, -0.1) is 0 Å². The van der Waals surface area contributed by atoms with E-state index < -0.39 is 5.60 Å². The zero-order valence-corrected chi connectivity index (χ0v) is 11.1. The summed E-state index contributed by atoms with van der Waals surface area (Å²) in [6, 6.07) is 0. The van der Waals surface area contributed by atoms with E-state index in [2.05, 4.69) is 0 Å². The van der Waals surface area contributed by atoms with Gasteiger partial charge in [-0.1, -0.05) is 6.92 Å². The van der Waals surface area contributed by atoms with Crippen LogP contribution in [0.2, 0.25) is 0 Å². The van der Waals surface area contributed by atoms with E-state index in [1.54, 1.807) is 13.0 Å². The fourth-order valence-electron chi connectivity index (χ4n) is 3.54. The summed E-state index contributed by atoms with van der Waals surface area (Å²) in [5, 5.41) is 20.5. The number of carbonyl (C=O) groups is 1. The van der Waals surface area contributed by atoms with Crippen molar-refractivity contribution in [1.82, 2.24) is 0 Å². The maximum atomic E-state index is 12.8. The lowest BCUT2D eigenvalue weighted by Gasteiger charge is -2.32. The van der Waals surface area contributed by atoms with Crippen LogP contribution in [0, 0.1) is 18.8 Å². The van der Waals surface area contributed by atoms with Crippen LogP contribution in [0.1, 0.15) is 41.4 Å². The lowest BCUT2D eigenvalue weighted by molar-refractivity contribution is -0.00465. The third kappa shape index (κ3) is 1.50. The Morgan fingerprint density at radius 1 is 1.47 bits per heavy atom. The van der Waals surface area contributed by atoms with Crippen LogP contribution in [0.25, 0.3) is 6.08 Å². The molecule has 0 bridgehead atoms. The number of carbonyl (C=O) groups excluding carboxylic acids is 1. The highest BCUT2D eigenvalue weighted by Crippen LogP contribution is 2.49. The average Bonchev–Trinajstić information content (AvgIpc) is 2.86. The minimum Gasteiger partial charge on any atom is -0.464 e. The molecule has 3 rings (SSSR count). The van der Waals surface area contributed by atoms with E-state index in [1.165, 1.54) is 6.26 Å². The summed E-state index contributed by atoms with van der Waals surface area (Å²) in [5.41, 5.74) is 0.480. The van der Waals surface area contributed by atoms with E-state index >= 15 is 0 Å². The van der Waals surface area contributed by atoms with Gasteiger partial charge in [0.1, 0.15) is 11.4 Å². The molecule has 4 heteroatoms. The first-order valence-corrected chi connectivity index (χ1v) is 6.66. The topological polar surface area (TPSA) is 70.7 Å². The number of rotatable bonds is 1. The van der Waals surface area contributed by atoms with Gasteiger partial charge in [0.05, 0.1) is 18.4 Å². The lowest BCUT2D eigenvalue weighted by atomic mass is 9.77. The number of aryl methyl sites for hydroxylation is 1. The predicted molar refractivity (Wildman–Crippen MR) is 69.7 cm³/mol. The van der Waals surface area contributed by atoms with Gasteiger partial charge in [0, 0.05) is 5.92 Å². The Bertz CT molecular complexity index is 569. The molecule has 1 aromatic heterocycles. The number of ketones is 1. The molecule has 0 spiro atoms. The third-order valence-corrected chi connectivity index (χ3v) is 4.71. The van der Waals surface area contributed by atoms with Gasteiger partial charge in [-0.3, -0.25) is 4.79 Å². The van der Waals surface area contributed by atoms with Crippen LogP contribution in [0.4, 0.5) is 0 Å². The Morgan fingerprint density at radius 3 is 2.89 bits per heavy atom. The fourth-order valence-corrected chi connectivity index (χ4v) is 3.54. The highest BCUT2D eigenvalue weighted by molar-refractivity contribution is 6.07. The summed E-state index contributed by atoms with van der Waals surface area (Å²) < 4.78 is 5.40. The molecular formula is C15H18O4. The van der Waals surface area contributed by atoms with Crippen molar-refractivity contribution in [3.05, 3.63) is 28.7 Å². The molecule has 2 aliphatic rings. The molecule has 2 N–H and O–H groups in total. The monoisotopic (exact) mass is 262 g/mol. The van der Waals surface area contributed by atoms with Crippen molar-refractivity contribution in [2.24, 2.45) is 11.8 Å². The summed E-state index contributed by atoms with van der Waals surface area (Å²) >= 11 is 0. The summed E-state index contributed by atoms with van der Waals surface area (Å²) in [6.45, 7) is 3.54. The van der Waals surface area contributed by atoms with Crippen LogP contribution in [-0.2, 0) is 0 Å². The standard InChI is InChI=1S/C15H18O4/c1-8-7-19-12-5-10(6-16)11-4-3-9(2)15(11,18)14(17)13(8)12/h5,7,9,11,16,18H,3-4,6H2,1-2H3/t9-,11-,15-/m0/s1. The second-order valence-electron chi connectivity index (χ2n) is 5.72. The molecule has 2 aliphatic carbocycles. The Hall–Kier alpha value is -1.39. The van der Waals surface area contributed by atoms with Crippen molar-refractivity contribution in [3.63, 3.8) is 0 Å². The van der Waals surface area contributed by atoms with Gasteiger partial charge in [-0.25, -0.2) is 0 Å². The Morgan fingerprint density at radius 2 is 2.21 bits per heavy atom. The molecule has 0 unspecified atom stereocenters. The highest BCUT2D eigenvalue weighted by Gasteiger charge is 2.55. The maximum Gasteiger partial charge on any atom is 0.199 e. The van der Waals surface area contributed by atoms with Crippen molar-refractivity contribution in [2.45, 2.75) is 32.3 Å². The van der Waals surface area contributed by atoms with Crippen LogP contribution < -0.4 is 0 Å². The zero-order valence-electron chi connectivity index (χ0n) is 11.1. The van der Waals surface area contributed by atoms with Gasteiger partial charge in [-0.2, -0.15) is 0 Å². The largest absolute Gasteiger partial charge is 0.464 e. The number of furan rings is 1. The summed E-state index contributed by atoms with van der Waals surface area (Å²) in [6.07, 6.45) is 4.76. The third-order valence-electron chi connectivity index (χ3n) is 4.71. The Balaban J connectivity index is 2.25. The molecule has 19 heavy (non-hydrogen) atoms. The zero-order chi connectivity index (χ0) is 13.8. The van der Waals surface area contributed by atoms with Gasteiger partial charge >= 0.3 is 0 Å². The number of Topliss-reactive ketones (excluding diaryl/α,β-unsaturated/α-hetero) is 1. The van der Waals surface area contributed by atoms with Gasteiger partial charge in [0.15, 0.2) is 5.78 Å². The molecule has 0 aliphatic heterocycles. The number of fused-ring (bicyclic) bond motifs is 2. The molecule has 0 aromatic carbocycles. The van der Waals surface area contributed by atoms with E-state index in [9.17, 15) is 15.0 Å². The molecule has 1 heterocycles. The lowest BCUT2D eigenvalue weighted by Crippen LogP contribution is -2.47. The first-order valence-electron chi connectivity index (χ1n) is 6.66. The van der Waals surface area contributed by atoms with Crippen LogP contribution in [0.5, 0.6) is 0 Å². The average molecular weight is 262 g/mol. The number of hydrogen-bond acceptors (Lipinski definition) is 4. The van der Waals surface area contributed by atoms with E-state index in [-0.39, 0.29) is 24.2 Å². The minimum absolute atomic E-state index is 0.111. The number of aliphatic hydroxyl groups excluding tert-OH is 1. The summed E-state index contributed by atoms with van der Waals surface area (Å²) in [4.78, 5) is 12.8. The van der Waals surface area contributed by atoms with Gasteiger partial charge in [-0.05, 0) is 42.9 Å². The molecule has 0 saturated heterocycles. The molecular weight excluding hydrogens is 244 g/mol. The molecule has 102 valence electrons. The van der Waals surface area contributed by atoms with E-state index in [0.717, 1.165) is 18.4 Å². The maximum absolute atomic E-state index is 12.8. The molecule has 0 radical (unpaired) electrons. The van der Waals surface area contributed by atoms with Gasteiger partial charge < -0.3 is 14.6 Å². The molecule has 1 saturated carbocycles. The minimum atomic E-state index is -1.41. The van der Waals surface area contributed by atoms with Crippen LogP contribution in [0.3, 0.4) is 0 Å². The number of aliphatic hydroxyl groups is 2. The van der Waals surface area contributed by atoms with Crippen molar-refractivity contribution in [2.75, 3.05) is 6.61 Å². The van der Waals surface area contributed by atoms with E-state index in [0.29, 0.717) is 16.9 Å². The normalized spacial score (nSPS) is 33.7. The van der Waals surface area contributed by atoms with Crippen LogP contribution in [0.15, 0.2) is 16.3 Å². The fraction of sp³-hybridized carbons (Fsp3) is 0.533. The van der Waals surface area contributed by atoms with E-state index in [4.69, 9.17) is 4.42 Å². The van der Waals surface area contributed by atoms with Crippen LogP contribution >= 0.6 is 0 Å². The number of hydrogen-bond donors (Lipinski definition) is 2. The van der Waals surface area contributed by atoms with Crippen molar-refractivity contribution in [1.29, 1.82) is 0 Å². The first kappa shape index (κ1) is 12.6. The predicted octanol–water partition coefficient (Wildman–Crippen LogP) is 1.94. The van der Waals surface area contributed by atoms with Crippen LogP contribution in [-0.4, -0.2) is 28.2 Å². The van der Waals surface area contributed by atoms with Crippen molar-refractivity contribution < 1.29 is 19.4 Å². The molecule has 1 aromatic rings. The second-order valence-corrected chi connectivity index (χ2v) is 5.72. The molecule has 4 nitrogen and oxygen atoms in total. The quantitative estimate of drug-likeness (QED) is 0.811. The summed E-state index contributed by atoms with van der Waals surface area (Å²) in [7, 11) is 0. The van der Waals surface area contributed by atoms with Crippen molar-refractivity contribution in [3.8, 4) is 0 Å². The Kier molecular flexibility index (Phi) is 2.69. The second kappa shape index (κ2) is 4.05.